The van der Waals surface area contributed by atoms with E-state index in [1.807, 2.05) is 0 Å². The summed E-state index contributed by atoms with van der Waals surface area (Å²) in [4.78, 5) is 36.7. The van der Waals surface area contributed by atoms with Crippen molar-refractivity contribution in [2.24, 2.45) is 0 Å². The predicted molar refractivity (Wildman–Crippen MR) is 80.3 cm³/mol. The number of fused-ring (bicyclic) bond motifs is 1. The van der Waals surface area contributed by atoms with Crippen molar-refractivity contribution >= 4 is 56.4 Å². The number of nitrogens with zero attached hydrogens (tertiary/aromatic N) is 1. The van der Waals surface area contributed by atoms with Crippen molar-refractivity contribution in [1.29, 1.82) is 0 Å². The van der Waals surface area contributed by atoms with Gasteiger partial charge in [-0.3, -0.25) is 19.7 Å². The van der Waals surface area contributed by atoms with E-state index in [2.05, 4.69) is 5.32 Å². The number of halogens is 1. The first-order valence-electron chi connectivity index (χ1n) is 6.05. The summed E-state index contributed by atoms with van der Waals surface area (Å²) < 4.78 is 0.827. The van der Waals surface area contributed by atoms with Crippen LogP contribution in [0.1, 0.15) is 9.67 Å². The Morgan fingerprint density at radius 2 is 1.95 bits per heavy atom. The molecule has 0 bridgehead atoms. The molecule has 1 fully saturated rings. The van der Waals surface area contributed by atoms with Gasteiger partial charge in [0.2, 0.25) is 11.8 Å². The normalized spacial score (nSPS) is 15.4. The Hall–Kier alpha value is -2.12. The van der Waals surface area contributed by atoms with Gasteiger partial charge in [0.05, 0.1) is 5.69 Å². The Morgan fingerprint density at radius 3 is 2.62 bits per heavy atom. The number of carbonyl (C=O) groups excluding carboxylic acids is 3. The van der Waals surface area contributed by atoms with Crippen molar-refractivity contribution < 1.29 is 14.4 Å². The lowest BCUT2D eigenvalue weighted by Gasteiger charge is -2.25. The van der Waals surface area contributed by atoms with Crippen LogP contribution < -0.4 is 11.1 Å². The molecule has 1 aliphatic rings. The molecule has 8 heteroatoms. The summed E-state index contributed by atoms with van der Waals surface area (Å²) in [6.45, 7) is -0.308. The molecule has 0 spiro atoms. The van der Waals surface area contributed by atoms with E-state index < -0.39 is 17.7 Å². The maximum absolute atomic E-state index is 12.5. The molecule has 1 saturated heterocycles. The lowest BCUT2D eigenvalue weighted by Crippen LogP contribution is -2.53. The van der Waals surface area contributed by atoms with E-state index in [9.17, 15) is 14.4 Å². The van der Waals surface area contributed by atoms with E-state index in [0.717, 1.165) is 4.70 Å². The number of hydrogen-bond donors (Lipinski definition) is 2. The van der Waals surface area contributed by atoms with Crippen molar-refractivity contribution in [2.45, 2.75) is 0 Å². The first-order chi connectivity index (χ1) is 9.95. The van der Waals surface area contributed by atoms with Crippen LogP contribution in [0.5, 0.6) is 0 Å². The van der Waals surface area contributed by atoms with Crippen LogP contribution in [0.2, 0.25) is 5.02 Å². The first kappa shape index (κ1) is 13.8. The molecular weight excluding hydrogens is 314 g/mol. The van der Waals surface area contributed by atoms with Crippen molar-refractivity contribution in [3.05, 3.63) is 28.1 Å². The Morgan fingerprint density at radius 1 is 1.29 bits per heavy atom. The SMILES string of the molecule is Nc1c(C(=O)N2CC(=O)NC(=O)C2)sc2ccc(Cl)cc12. The van der Waals surface area contributed by atoms with Gasteiger partial charge in [0.1, 0.15) is 18.0 Å². The van der Waals surface area contributed by atoms with Crippen LogP contribution in [-0.2, 0) is 9.59 Å². The average molecular weight is 324 g/mol. The lowest BCUT2D eigenvalue weighted by atomic mass is 10.2. The lowest BCUT2D eigenvalue weighted by molar-refractivity contribution is -0.135. The third-order valence-electron chi connectivity index (χ3n) is 3.12. The largest absolute Gasteiger partial charge is 0.397 e. The molecule has 0 atom stereocenters. The number of amides is 3. The van der Waals surface area contributed by atoms with Crippen LogP contribution in [-0.4, -0.2) is 35.7 Å². The van der Waals surface area contributed by atoms with E-state index in [1.165, 1.54) is 16.2 Å². The number of carbonyl (C=O) groups is 3. The van der Waals surface area contributed by atoms with Crippen LogP contribution >= 0.6 is 22.9 Å². The van der Waals surface area contributed by atoms with Gasteiger partial charge in [-0.15, -0.1) is 11.3 Å². The number of nitrogens with two attached hydrogens (primary N) is 1. The Bertz CT molecular complexity index is 770. The fraction of sp³-hybridized carbons (Fsp3) is 0.154. The molecule has 6 nitrogen and oxygen atoms in total. The average Bonchev–Trinajstić information content (AvgIpc) is 2.74. The van der Waals surface area contributed by atoms with Crippen molar-refractivity contribution in [3.8, 4) is 0 Å². The summed E-state index contributed by atoms with van der Waals surface area (Å²) in [6, 6.07) is 5.18. The molecule has 108 valence electrons. The van der Waals surface area contributed by atoms with Crippen LogP contribution in [0.3, 0.4) is 0 Å². The van der Waals surface area contributed by atoms with Gasteiger partial charge < -0.3 is 10.6 Å². The fourth-order valence-electron chi connectivity index (χ4n) is 2.17. The topological polar surface area (TPSA) is 92.5 Å². The number of hydrogen-bond acceptors (Lipinski definition) is 5. The van der Waals surface area contributed by atoms with Gasteiger partial charge in [0.15, 0.2) is 0 Å². The standard InChI is InChI=1S/C13H10ClN3O3S/c14-6-1-2-8-7(3-6)11(15)12(21-8)13(20)17-4-9(18)16-10(19)5-17/h1-3H,4-5,15H2,(H,16,18,19). The van der Waals surface area contributed by atoms with Gasteiger partial charge in [-0.1, -0.05) is 11.6 Å². The van der Waals surface area contributed by atoms with Gasteiger partial charge in [-0.05, 0) is 18.2 Å². The monoisotopic (exact) mass is 323 g/mol. The smallest absolute Gasteiger partial charge is 0.267 e. The highest BCUT2D eigenvalue weighted by Crippen LogP contribution is 2.36. The van der Waals surface area contributed by atoms with Gasteiger partial charge in [0, 0.05) is 15.1 Å². The quantitative estimate of drug-likeness (QED) is 0.772. The molecule has 0 unspecified atom stereocenters. The Kier molecular flexibility index (Phi) is 3.30. The molecule has 1 aromatic heterocycles. The van der Waals surface area contributed by atoms with E-state index in [-0.39, 0.29) is 13.1 Å². The molecule has 3 rings (SSSR count). The van der Waals surface area contributed by atoms with Gasteiger partial charge in [-0.2, -0.15) is 0 Å². The molecule has 1 aromatic carbocycles. The minimum atomic E-state index is -0.498. The third kappa shape index (κ3) is 2.45. The molecule has 0 aliphatic carbocycles. The molecule has 3 amide bonds. The van der Waals surface area contributed by atoms with Gasteiger partial charge >= 0.3 is 0 Å². The fourth-order valence-corrected chi connectivity index (χ4v) is 3.42. The van der Waals surface area contributed by atoms with E-state index in [1.54, 1.807) is 18.2 Å². The van der Waals surface area contributed by atoms with E-state index in [4.69, 9.17) is 17.3 Å². The summed E-state index contributed by atoms with van der Waals surface area (Å²) >= 11 is 7.14. The van der Waals surface area contributed by atoms with Crippen LogP contribution in [0.15, 0.2) is 18.2 Å². The zero-order valence-electron chi connectivity index (χ0n) is 10.7. The summed E-state index contributed by atoms with van der Waals surface area (Å²) in [6.07, 6.45) is 0. The third-order valence-corrected chi connectivity index (χ3v) is 4.53. The molecule has 2 aromatic rings. The number of nitrogen functional groups attached to an aromatic ring is 1. The summed E-state index contributed by atoms with van der Waals surface area (Å²) in [5.41, 5.74) is 6.32. The van der Waals surface area contributed by atoms with E-state index >= 15 is 0 Å². The number of nitrogens with one attached hydrogen (secondary N) is 1. The summed E-state index contributed by atoms with van der Waals surface area (Å²) in [5, 5.41) is 3.37. The molecule has 21 heavy (non-hydrogen) atoms. The second-order valence-electron chi connectivity index (χ2n) is 4.62. The molecular formula is C13H10ClN3O3S. The Labute approximate surface area is 128 Å². The number of piperazine rings is 1. The number of imide groups is 1. The first-order valence-corrected chi connectivity index (χ1v) is 7.24. The summed E-state index contributed by atoms with van der Waals surface area (Å²) in [7, 11) is 0. The highest BCUT2D eigenvalue weighted by atomic mass is 35.5. The molecule has 1 aliphatic heterocycles. The minimum absolute atomic E-state index is 0.154. The van der Waals surface area contributed by atoms with Gasteiger partial charge in [0.25, 0.3) is 5.91 Å². The zero-order valence-corrected chi connectivity index (χ0v) is 12.3. The summed E-state index contributed by atoms with van der Waals surface area (Å²) in [5.74, 6) is -1.42. The minimum Gasteiger partial charge on any atom is -0.397 e. The van der Waals surface area contributed by atoms with Gasteiger partial charge in [-0.25, -0.2) is 0 Å². The predicted octanol–water partition coefficient (Wildman–Crippen LogP) is 1.24. The Balaban J connectivity index is 2.00. The molecule has 0 saturated carbocycles. The molecule has 0 radical (unpaired) electrons. The number of anilines is 1. The second kappa shape index (κ2) is 5.01. The van der Waals surface area contributed by atoms with Crippen LogP contribution in [0.25, 0.3) is 10.1 Å². The maximum atomic E-state index is 12.5. The van der Waals surface area contributed by atoms with E-state index in [0.29, 0.717) is 21.0 Å². The van der Waals surface area contributed by atoms with Crippen molar-refractivity contribution in [2.75, 3.05) is 18.8 Å². The van der Waals surface area contributed by atoms with Crippen molar-refractivity contribution in [3.63, 3.8) is 0 Å². The number of benzene rings is 1. The zero-order chi connectivity index (χ0) is 15.1. The number of thiophene rings is 1. The van der Waals surface area contributed by atoms with Crippen LogP contribution in [0.4, 0.5) is 5.69 Å². The molecule has 2 heterocycles. The van der Waals surface area contributed by atoms with Crippen molar-refractivity contribution in [1.82, 2.24) is 10.2 Å². The van der Waals surface area contributed by atoms with Crippen LogP contribution in [0, 0.1) is 0 Å². The maximum Gasteiger partial charge on any atom is 0.267 e. The second-order valence-corrected chi connectivity index (χ2v) is 6.11. The number of rotatable bonds is 1. The highest BCUT2D eigenvalue weighted by Gasteiger charge is 2.29. The highest BCUT2D eigenvalue weighted by molar-refractivity contribution is 7.21. The molecule has 3 N–H and O–H groups in total.